The average molecular weight is 557 g/mol. The zero-order chi connectivity index (χ0) is 30.6. The third-order valence-corrected chi connectivity index (χ3v) is 5.28. The molecule has 39 heavy (non-hydrogen) atoms. The predicted octanol–water partition coefficient (Wildman–Crippen LogP) is -6.21. The highest BCUT2D eigenvalue weighted by atomic mass is 16.4. The summed E-state index contributed by atoms with van der Waals surface area (Å²) >= 11 is 0. The zero-order valence-corrected chi connectivity index (χ0v) is 22.4. The number of hydrogen-bond donors (Lipinski definition) is 5. The van der Waals surface area contributed by atoms with Crippen molar-refractivity contribution >= 4 is 47.4 Å². The molecule has 5 atom stereocenters. The van der Waals surface area contributed by atoms with E-state index in [4.69, 9.17) is 0 Å². The van der Waals surface area contributed by atoms with Gasteiger partial charge in [0.25, 0.3) is 0 Å². The van der Waals surface area contributed by atoms with E-state index >= 15 is 0 Å². The molecular formula is C23H34N5O11-3. The topological polar surface area (TPSA) is 266 Å². The van der Waals surface area contributed by atoms with E-state index in [9.17, 15) is 53.7 Å². The van der Waals surface area contributed by atoms with Gasteiger partial charge >= 0.3 is 0 Å². The molecule has 0 saturated heterocycles. The Bertz CT molecular complexity index is 966. The van der Waals surface area contributed by atoms with Crippen molar-refractivity contribution in [2.75, 3.05) is 0 Å². The van der Waals surface area contributed by atoms with Crippen LogP contribution in [0.15, 0.2) is 0 Å². The molecule has 0 unspecified atom stereocenters. The second-order valence-electron chi connectivity index (χ2n) is 9.48. The maximum atomic E-state index is 12.9. The Labute approximate surface area is 224 Å². The van der Waals surface area contributed by atoms with Crippen molar-refractivity contribution in [1.82, 2.24) is 26.6 Å². The second-order valence-corrected chi connectivity index (χ2v) is 9.48. The number of amides is 5. The smallest absolute Gasteiger partial charge is 0.243 e. The molecular weight excluding hydrogens is 522 g/mol. The van der Waals surface area contributed by atoms with Crippen molar-refractivity contribution in [2.24, 2.45) is 11.8 Å². The summed E-state index contributed by atoms with van der Waals surface area (Å²) in [6, 6.07) is -7.47. The minimum Gasteiger partial charge on any atom is -0.550 e. The van der Waals surface area contributed by atoms with Crippen LogP contribution in [-0.4, -0.2) is 77.7 Å². The van der Waals surface area contributed by atoms with Gasteiger partial charge in [0.2, 0.25) is 29.5 Å². The summed E-state index contributed by atoms with van der Waals surface area (Å²) in [7, 11) is 0. The second kappa shape index (κ2) is 15.9. The fourth-order valence-corrected chi connectivity index (χ4v) is 3.21. The van der Waals surface area contributed by atoms with Crippen LogP contribution in [0, 0.1) is 11.8 Å². The maximum Gasteiger partial charge on any atom is 0.243 e. The van der Waals surface area contributed by atoms with Gasteiger partial charge in [-0.25, -0.2) is 0 Å². The number of carboxylic acids is 3. The van der Waals surface area contributed by atoms with E-state index in [0.717, 1.165) is 6.92 Å². The van der Waals surface area contributed by atoms with Gasteiger partial charge < -0.3 is 56.3 Å². The number of carbonyl (C=O) groups excluding carboxylic acids is 8. The largest absolute Gasteiger partial charge is 0.550 e. The summed E-state index contributed by atoms with van der Waals surface area (Å²) in [4.78, 5) is 95.0. The number of hydrogen-bond acceptors (Lipinski definition) is 11. The summed E-state index contributed by atoms with van der Waals surface area (Å²) in [6.45, 7) is 8.57. The van der Waals surface area contributed by atoms with Crippen LogP contribution >= 0.6 is 0 Å². The molecule has 5 amide bonds. The summed E-state index contributed by atoms with van der Waals surface area (Å²) < 4.78 is 0. The van der Waals surface area contributed by atoms with Crippen molar-refractivity contribution in [3.05, 3.63) is 0 Å². The normalized spacial score (nSPS) is 14.7. The molecule has 0 heterocycles. The molecule has 0 radical (unpaired) electrons. The van der Waals surface area contributed by atoms with E-state index in [1.807, 2.05) is 5.32 Å². The molecule has 16 heteroatoms. The first-order valence-electron chi connectivity index (χ1n) is 12.0. The van der Waals surface area contributed by atoms with Crippen LogP contribution in [0.2, 0.25) is 0 Å². The lowest BCUT2D eigenvalue weighted by atomic mass is 10.0. The number of aliphatic carboxylic acids is 3. The maximum absolute atomic E-state index is 12.9. The van der Waals surface area contributed by atoms with E-state index in [2.05, 4.69) is 21.3 Å². The molecule has 0 aromatic rings. The highest BCUT2D eigenvalue weighted by Crippen LogP contribution is 2.07. The first-order chi connectivity index (χ1) is 17.9. The third-order valence-electron chi connectivity index (χ3n) is 5.28. The molecule has 0 rings (SSSR count). The van der Waals surface area contributed by atoms with Gasteiger partial charge in [0.1, 0.15) is 24.2 Å². The van der Waals surface area contributed by atoms with Crippen LogP contribution in [0.1, 0.15) is 54.4 Å². The van der Waals surface area contributed by atoms with Crippen molar-refractivity contribution < 1.29 is 53.7 Å². The van der Waals surface area contributed by atoms with Gasteiger partial charge in [-0.3, -0.25) is 24.0 Å². The van der Waals surface area contributed by atoms with Gasteiger partial charge in [0.15, 0.2) is 0 Å². The average Bonchev–Trinajstić information content (AvgIpc) is 2.78. The molecule has 0 aliphatic carbocycles. The predicted molar refractivity (Wildman–Crippen MR) is 125 cm³/mol. The lowest BCUT2D eigenvalue weighted by Gasteiger charge is -2.28. The van der Waals surface area contributed by atoms with Crippen LogP contribution in [-0.2, 0) is 38.4 Å². The molecule has 0 bridgehead atoms. The number of rotatable bonds is 16. The fraction of sp³-hybridized carbons (Fsp3) is 0.652. The molecule has 0 aliphatic heterocycles. The summed E-state index contributed by atoms with van der Waals surface area (Å²) in [6.07, 6.45) is -2.04. The molecule has 0 spiro atoms. The molecule has 5 N–H and O–H groups in total. The van der Waals surface area contributed by atoms with E-state index < -0.39 is 102 Å². The van der Waals surface area contributed by atoms with Gasteiger partial charge in [-0.2, -0.15) is 0 Å². The SMILES string of the molecule is CC(=O)N[C@H](C(=O)N[C@@H](CC(=O)[O-])C(=O)N[C@H](C(=O)N[C@@H](C)C(=O)N[C@@H](CC(=O)[O-])C(=O)[O-])C(C)C)C(C)C. The van der Waals surface area contributed by atoms with Crippen molar-refractivity contribution in [3.63, 3.8) is 0 Å². The number of carbonyl (C=O) groups is 8. The van der Waals surface area contributed by atoms with E-state index in [1.54, 1.807) is 13.8 Å². The third kappa shape index (κ3) is 12.7. The summed E-state index contributed by atoms with van der Waals surface area (Å²) in [5.41, 5.74) is 0. The summed E-state index contributed by atoms with van der Waals surface area (Å²) in [5, 5.41) is 44.0. The van der Waals surface area contributed by atoms with Crippen molar-refractivity contribution in [2.45, 2.75) is 84.6 Å². The van der Waals surface area contributed by atoms with E-state index in [1.165, 1.54) is 20.8 Å². The molecule has 16 nitrogen and oxygen atoms in total. The van der Waals surface area contributed by atoms with Crippen LogP contribution in [0.5, 0.6) is 0 Å². The minimum atomic E-state index is -1.93. The Balaban J connectivity index is 5.60. The number of carboxylic acid groups (broad SMARTS) is 3. The van der Waals surface area contributed by atoms with Gasteiger partial charge in [-0.05, 0) is 18.8 Å². The highest BCUT2D eigenvalue weighted by Gasteiger charge is 2.32. The summed E-state index contributed by atoms with van der Waals surface area (Å²) in [5.74, 6) is -10.9. The molecule has 0 saturated carbocycles. The standard InChI is InChI=1S/C23H37N5O11/c1-9(2)17(25-12(6)29)22(37)26-13(7-15(30)31)20(35)28-18(10(3)4)21(36)24-11(5)19(34)27-14(23(38)39)8-16(32)33/h9-11,13-14,17-18H,7-8H2,1-6H3,(H,24,36)(H,25,29)(H,26,37)(H,27,34)(H,28,35)(H,30,31)(H,32,33)(H,38,39)/p-3/t11-,13-,14-,17-,18-/m0/s1. The van der Waals surface area contributed by atoms with Gasteiger partial charge in [-0.15, -0.1) is 0 Å². The lowest BCUT2D eigenvalue weighted by Crippen LogP contribution is -2.60. The molecule has 0 fully saturated rings. The van der Waals surface area contributed by atoms with E-state index in [0.29, 0.717) is 0 Å². The van der Waals surface area contributed by atoms with Gasteiger partial charge in [-0.1, -0.05) is 27.7 Å². The number of nitrogens with one attached hydrogen (secondary N) is 5. The Hall–Kier alpha value is -4.24. The first-order valence-corrected chi connectivity index (χ1v) is 12.0. The monoisotopic (exact) mass is 556 g/mol. The van der Waals surface area contributed by atoms with Crippen LogP contribution < -0.4 is 41.9 Å². The fourth-order valence-electron chi connectivity index (χ4n) is 3.21. The first kappa shape index (κ1) is 34.8. The Morgan fingerprint density at radius 1 is 0.538 bits per heavy atom. The van der Waals surface area contributed by atoms with Crippen molar-refractivity contribution in [3.8, 4) is 0 Å². The Morgan fingerprint density at radius 2 is 0.949 bits per heavy atom. The lowest BCUT2D eigenvalue weighted by molar-refractivity contribution is -0.317. The highest BCUT2D eigenvalue weighted by molar-refractivity contribution is 5.97. The van der Waals surface area contributed by atoms with Crippen LogP contribution in [0.3, 0.4) is 0 Å². The van der Waals surface area contributed by atoms with Gasteiger partial charge in [0, 0.05) is 31.7 Å². The quantitative estimate of drug-likeness (QED) is 0.119. The Kier molecular flexibility index (Phi) is 14.2. The zero-order valence-electron chi connectivity index (χ0n) is 22.4. The minimum absolute atomic E-state index is 0.425. The molecule has 0 aromatic heterocycles. The van der Waals surface area contributed by atoms with E-state index in [-0.39, 0.29) is 0 Å². The van der Waals surface area contributed by atoms with Crippen LogP contribution in [0.25, 0.3) is 0 Å². The molecule has 0 aromatic carbocycles. The van der Waals surface area contributed by atoms with Crippen molar-refractivity contribution in [1.29, 1.82) is 0 Å². The van der Waals surface area contributed by atoms with Gasteiger partial charge in [0.05, 0.1) is 12.0 Å². The molecule has 220 valence electrons. The van der Waals surface area contributed by atoms with Crippen LogP contribution in [0.4, 0.5) is 0 Å². The Morgan fingerprint density at radius 3 is 1.36 bits per heavy atom. The molecule has 0 aliphatic rings.